The topological polar surface area (TPSA) is 71.1 Å². The quantitative estimate of drug-likeness (QED) is 0.720. The zero-order chi connectivity index (χ0) is 18.4. The lowest BCUT2D eigenvalue weighted by Crippen LogP contribution is -2.23. The molecule has 26 heavy (non-hydrogen) atoms. The first kappa shape index (κ1) is 17.6. The van der Waals surface area contributed by atoms with Gasteiger partial charge >= 0.3 is 0 Å². The average Bonchev–Trinajstić information content (AvgIpc) is 2.67. The lowest BCUT2D eigenvalue weighted by atomic mass is 10.1. The van der Waals surface area contributed by atoms with Crippen molar-refractivity contribution in [1.82, 2.24) is 10.3 Å². The summed E-state index contributed by atoms with van der Waals surface area (Å²) < 4.78 is 0. The van der Waals surface area contributed by atoms with Crippen LogP contribution in [0.25, 0.3) is 0 Å². The van der Waals surface area contributed by atoms with Gasteiger partial charge in [0.1, 0.15) is 0 Å². The summed E-state index contributed by atoms with van der Waals surface area (Å²) in [6, 6.07) is 19.0. The Morgan fingerprint density at radius 2 is 1.73 bits per heavy atom. The first-order valence-electron chi connectivity index (χ1n) is 7.97. The molecule has 1 aromatic heterocycles. The maximum atomic E-state index is 12.3. The van der Waals surface area contributed by atoms with E-state index in [0.29, 0.717) is 28.4 Å². The van der Waals surface area contributed by atoms with E-state index >= 15 is 0 Å². The van der Waals surface area contributed by atoms with Gasteiger partial charge in [0.25, 0.3) is 11.8 Å². The first-order valence-corrected chi connectivity index (χ1v) is 8.35. The number of nitrogens with one attached hydrogen (secondary N) is 2. The molecule has 2 amide bonds. The number of aromatic nitrogens is 1. The van der Waals surface area contributed by atoms with Gasteiger partial charge in [0, 0.05) is 17.4 Å². The van der Waals surface area contributed by atoms with Crippen LogP contribution in [-0.2, 0) is 6.54 Å². The molecule has 0 unspecified atom stereocenters. The number of rotatable bonds is 5. The standard InChI is InChI=1S/C20H16ClN3O2/c21-18-10-2-1-9-17(18)20(26)24-15-8-5-6-14(12-15)19(25)23-13-16-7-3-4-11-22-16/h1-12H,13H2,(H,23,25)(H,24,26). The molecule has 5 nitrogen and oxygen atoms in total. The van der Waals surface area contributed by atoms with E-state index in [4.69, 9.17) is 11.6 Å². The predicted molar refractivity (Wildman–Crippen MR) is 101 cm³/mol. The van der Waals surface area contributed by atoms with Gasteiger partial charge in [0.05, 0.1) is 22.8 Å². The van der Waals surface area contributed by atoms with E-state index in [1.54, 1.807) is 54.7 Å². The van der Waals surface area contributed by atoms with E-state index in [2.05, 4.69) is 15.6 Å². The molecule has 0 saturated heterocycles. The van der Waals surface area contributed by atoms with Gasteiger partial charge in [-0.3, -0.25) is 14.6 Å². The number of carbonyl (C=O) groups is 2. The number of nitrogens with zero attached hydrogens (tertiary/aromatic N) is 1. The normalized spacial score (nSPS) is 10.2. The molecule has 0 radical (unpaired) electrons. The maximum Gasteiger partial charge on any atom is 0.257 e. The molecule has 0 aliphatic carbocycles. The van der Waals surface area contributed by atoms with Crippen molar-refractivity contribution >= 4 is 29.1 Å². The Labute approximate surface area is 156 Å². The maximum absolute atomic E-state index is 12.3. The van der Waals surface area contributed by atoms with E-state index in [1.807, 2.05) is 18.2 Å². The Bertz CT molecular complexity index is 929. The van der Waals surface area contributed by atoms with Crippen molar-refractivity contribution in [2.75, 3.05) is 5.32 Å². The van der Waals surface area contributed by atoms with Crippen LogP contribution in [-0.4, -0.2) is 16.8 Å². The Morgan fingerprint density at radius 1 is 0.923 bits per heavy atom. The second-order valence-corrected chi connectivity index (χ2v) is 5.93. The van der Waals surface area contributed by atoms with E-state index in [9.17, 15) is 9.59 Å². The summed E-state index contributed by atoms with van der Waals surface area (Å²) in [5.41, 5.74) is 2.10. The number of pyridine rings is 1. The third-order valence-corrected chi connectivity index (χ3v) is 3.99. The minimum absolute atomic E-state index is 0.246. The molecule has 0 bridgehead atoms. The minimum atomic E-state index is -0.332. The van der Waals surface area contributed by atoms with E-state index in [0.717, 1.165) is 5.69 Å². The molecule has 1 heterocycles. The van der Waals surface area contributed by atoms with Gasteiger partial charge in [0.15, 0.2) is 0 Å². The zero-order valence-electron chi connectivity index (χ0n) is 13.8. The van der Waals surface area contributed by atoms with Crippen LogP contribution in [0.15, 0.2) is 72.9 Å². The fraction of sp³-hybridized carbons (Fsp3) is 0.0500. The van der Waals surface area contributed by atoms with Crippen molar-refractivity contribution in [2.45, 2.75) is 6.54 Å². The molecule has 0 fully saturated rings. The number of benzene rings is 2. The largest absolute Gasteiger partial charge is 0.346 e. The highest BCUT2D eigenvalue weighted by Gasteiger charge is 2.11. The van der Waals surface area contributed by atoms with Gasteiger partial charge in [-0.25, -0.2) is 0 Å². The lowest BCUT2D eigenvalue weighted by molar-refractivity contribution is 0.0949. The molecule has 6 heteroatoms. The van der Waals surface area contributed by atoms with Crippen molar-refractivity contribution in [3.63, 3.8) is 0 Å². The highest BCUT2D eigenvalue weighted by atomic mass is 35.5. The van der Waals surface area contributed by atoms with Gasteiger partial charge in [0.2, 0.25) is 0 Å². The highest BCUT2D eigenvalue weighted by Crippen LogP contribution is 2.18. The molecule has 0 atom stereocenters. The van der Waals surface area contributed by atoms with Gasteiger partial charge in [-0.2, -0.15) is 0 Å². The Hall–Kier alpha value is -3.18. The van der Waals surface area contributed by atoms with Crippen LogP contribution in [0.5, 0.6) is 0 Å². The molecule has 0 saturated carbocycles. The number of hydrogen-bond donors (Lipinski definition) is 2. The number of anilines is 1. The third-order valence-electron chi connectivity index (χ3n) is 3.66. The number of amides is 2. The van der Waals surface area contributed by atoms with Crippen molar-refractivity contribution in [3.05, 3.63) is 94.8 Å². The first-order chi connectivity index (χ1) is 12.6. The summed E-state index contributed by atoms with van der Waals surface area (Å²) in [7, 11) is 0. The molecule has 0 spiro atoms. The fourth-order valence-electron chi connectivity index (χ4n) is 2.36. The zero-order valence-corrected chi connectivity index (χ0v) is 14.5. The number of halogens is 1. The summed E-state index contributed by atoms with van der Waals surface area (Å²) >= 11 is 6.04. The van der Waals surface area contributed by atoms with Crippen molar-refractivity contribution in [1.29, 1.82) is 0 Å². The van der Waals surface area contributed by atoms with Crippen LogP contribution in [0.4, 0.5) is 5.69 Å². The van der Waals surface area contributed by atoms with Crippen LogP contribution in [0.2, 0.25) is 5.02 Å². The van der Waals surface area contributed by atoms with Crippen LogP contribution in [0.3, 0.4) is 0 Å². The molecule has 130 valence electrons. The van der Waals surface area contributed by atoms with E-state index < -0.39 is 0 Å². The summed E-state index contributed by atoms with van der Waals surface area (Å²) in [6.07, 6.45) is 1.67. The summed E-state index contributed by atoms with van der Waals surface area (Å²) in [5.74, 6) is -0.578. The second kappa shape index (κ2) is 8.27. The highest BCUT2D eigenvalue weighted by molar-refractivity contribution is 6.34. The van der Waals surface area contributed by atoms with Gasteiger partial charge in [-0.1, -0.05) is 35.9 Å². The Morgan fingerprint density at radius 3 is 2.50 bits per heavy atom. The van der Waals surface area contributed by atoms with E-state index in [-0.39, 0.29) is 11.8 Å². The molecule has 0 aliphatic rings. The number of hydrogen-bond acceptors (Lipinski definition) is 3. The minimum Gasteiger partial charge on any atom is -0.346 e. The molecule has 3 rings (SSSR count). The van der Waals surface area contributed by atoms with Crippen molar-refractivity contribution in [3.8, 4) is 0 Å². The summed E-state index contributed by atoms with van der Waals surface area (Å²) in [4.78, 5) is 28.8. The average molecular weight is 366 g/mol. The van der Waals surface area contributed by atoms with Gasteiger partial charge in [-0.05, 0) is 42.5 Å². The van der Waals surface area contributed by atoms with Crippen molar-refractivity contribution in [2.24, 2.45) is 0 Å². The Kier molecular flexibility index (Phi) is 5.61. The molecular weight excluding hydrogens is 350 g/mol. The molecule has 0 aliphatic heterocycles. The molecule has 2 N–H and O–H groups in total. The summed E-state index contributed by atoms with van der Waals surface area (Å²) in [5, 5.41) is 5.92. The van der Waals surface area contributed by atoms with Crippen LogP contribution < -0.4 is 10.6 Å². The smallest absolute Gasteiger partial charge is 0.257 e. The third kappa shape index (κ3) is 4.46. The Balaban J connectivity index is 1.67. The van der Waals surface area contributed by atoms with Gasteiger partial charge < -0.3 is 10.6 Å². The molecule has 3 aromatic rings. The van der Waals surface area contributed by atoms with Gasteiger partial charge in [-0.15, -0.1) is 0 Å². The van der Waals surface area contributed by atoms with Crippen LogP contribution in [0, 0.1) is 0 Å². The van der Waals surface area contributed by atoms with Crippen molar-refractivity contribution < 1.29 is 9.59 Å². The van der Waals surface area contributed by atoms with E-state index in [1.165, 1.54) is 0 Å². The molecule has 2 aromatic carbocycles. The second-order valence-electron chi connectivity index (χ2n) is 5.52. The monoisotopic (exact) mass is 365 g/mol. The lowest BCUT2D eigenvalue weighted by Gasteiger charge is -2.09. The summed E-state index contributed by atoms with van der Waals surface area (Å²) in [6.45, 7) is 0.329. The SMILES string of the molecule is O=C(NCc1ccccn1)c1cccc(NC(=O)c2ccccc2Cl)c1. The van der Waals surface area contributed by atoms with Crippen LogP contribution in [0.1, 0.15) is 26.4 Å². The fourth-order valence-corrected chi connectivity index (χ4v) is 2.58. The predicted octanol–water partition coefficient (Wildman–Crippen LogP) is 3.92. The van der Waals surface area contributed by atoms with Crippen LogP contribution >= 0.6 is 11.6 Å². The number of carbonyl (C=O) groups excluding carboxylic acids is 2. The molecular formula is C20H16ClN3O2.